The number of nitrogens with zero attached hydrogens (tertiary/aromatic N) is 1. The van der Waals surface area contributed by atoms with Crippen molar-refractivity contribution in [3.05, 3.63) is 65.7 Å². The van der Waals surface area contributed by atoms with E-state index in [9.17, 15) is 13.2 Å². The number of aryl methyl sites for hydroxylation is 1. The van der Waals surface area contributed by atoms with Crippen molar-refractivity contribution in [2.75, 3.05) is 6.54 Å². The van der Waals surface area contributed by atoms with Crippen LogP contribution in [-0.2, 0) is 32.6 Å². The topological polar surface area (TPSA) is 63.7 Å². The van der Waals surface area contributed by atoms with Crippen LogP contribution in [0, 0.1) is 0 Å². The van der Waals surface area contributed by atoms with Crippen molar-refractivity contribution in [1.29, 1.82) is 0 Å². The molecule has 2 aromatic rings. The van der Waals surface area contributed by atoms with Gasteiger partial charge in [0.2, 0.25) is 10.0 Å². The second-order valence-corrected chi connectivity index (χ2v) is 8.65. The first-order valence-electron chi connectivity index (χ1n) is 9.33. The molecule has 0 aromatic heterocycles. The molecule has 1 heterocycles. The maximum Gasteiger partial charge on any atom is 0.324 e. The predicted molar refractivity (Wildman–Crippen MR) is 104 cm³/mol. The fourth-order valence-electron chi connectivity index (χ4n) is 3.34. The Morgan fingerprint density at radius 1 is 1.07 bits per heavy atom. The molecule has 1 fully saturated rings. The van der Waals surface area contributed by atoms with Gasteiger partial charge >= 0.3 is 5.97 Å². The number of benzene rings is 2. The summed E-state index contributed by atoms with van der Waals surface area (Å²) in [7, 11) is -3.72. The lowest BCUT2D eigenvalue weighted by Gasteiger charge is -2.23. The van der Waals surface area contributed by atoms with E-state index in [1.807, 2.05) is 42.5 Å². The highest BCUT2D eigenvalue weighted by Crippen LogP contribution is 2.27. The molecule has 5 nitrogen and oxygen atoms in total. The summed E-state index contributed by atoms with van der Waals surface area (Å²) in [4.78, 5) is 12.7. The Hall–Kier alpha value is -2.18. The smallest absolute Gasteiger partial charge is 0.324 e. The van der Waals surface area contributed by atoms with Crippen LogP contribution < -0.4 is 0 Å². The van der Waals surface area contributed by atoms with Gasteiger partial charge in [0, 0.05) is 6.54 Å². The van der Waals surface area contributed by atoms with Gasteiger partial charge in [-0.15, -0.1) is 0 Å². The molecule has 0 amide bonds. The Morgan fingerprint density at radius 2 is 1.78 bits per heavy atom. The van der Waals surface area contributed by atoms with Crippen LogP contribution in [-0.4, -0.2) is 31.3 Å². The van der Waals surface area contributed by atoms with Crippen molar-refractivity contribution in [2.45, 2.75) is 50.2 Å². The summed E-state index contributed by atoms with van der Waals surface area (Å²) in [5.41, 5.74) is 1.99. The fourth-order valence-corrected chi connectivity index (χ4v) is 4.99. The summed E-state index contributed by atoms with van der Waals surface area (Å²) in [5.74, 6) is -0.484. The van der Waals surface area contributed by atoms with E-state index in [2.05, 4.69) is 6.92 Å². The Kier molecular flexibility index (Phi) is 6.29. The fraction of sp³-hybridized carbons (Fsp3) is 0.381. The van der Waals surface area contributed by atoms with Gasteiger partial charge in [0.05, 0.1) is 4.90 Å². The van der Waals surface area contributed by atoms with Crippen LogP contribution in [0.2, 0.25) is 0 Å². The van der Waals surface area contributed by atoms with Crippen molar-refractivity contribution in [2.24, 2.45) is 0 Å². The average Bonchev–Trinajstić information content (AvgIpc) is 3.18. The van der Waals surface area contributed by atoms with Crippen LogP contribution in [0.3, 0.4) is 0 Å². The van der Waals surface area contributed by atoms with E-state index in [4.69, 9.17) is 4.74 Å². The molecule has 1 saturated heterocycles. The molecule has 0 radical (unpaired) electrons. The number of ether oxygens (including phenoxy) is 1. The lowest BCUT2D eigenvalue weighted by Crippen LogP contribution is -2.41. The van der Waals surface area contributed by atoms with E-state index >= 15 is 0 Å². The minimum Gasteiger partial charge on any atom is -0.460 e. The maximum absolute atomic E-state index is 13.0. The molecule has 1 unspecified atom stereocenters. The number of rotatable bonds is 7. The molecular formula is C21H25NO4S. The Balaban J connectivity index is 1.71. The summed E-state index contributed by atoms with van der Waals surface area (Å²) in [6, 6.07) is 15.6. The van der Waals surface area contributed by atoms with Gasteiger partial charge in [-0.3, -0.25) is 4.79 Å². The van der Waals surface area contributed by atoms with Crippen molar-refractivity contribution < 1.29 is 17.9 Å². The highest BCUT2D eigenvalue weighted by atomic mass is 32.2. The quantitative estimate of drug-likeness (QED) is 0.682. The first-order valence-corrected chi connectivity index (χ1v) is 10.8. The monoisotopic (exact) mass is 387 g/mol. The molecule has 3 rings (SSSR count). The maximum atomic E-state index is 13.0. The highest BCUT2D eigenvalue weighted by molar-refractivity contribution is 7.89. The first-order chi connectivity index (χ1) is 13.0. The van der Waals surface area contributed by atoms with Gasteiger partial charge in [0.1, 0.15) is 12.6 Å². The third-order valence-electron chi connectivity index (χ3n) is 4.77. The lowest BCUT2D eigenvalue weighted by molar-refractivity contribution is -0.148. The molecule has 0 aliphatic carbocycles. The largest absolute Gasteiger partial charge is 0.460 e. The first kappa shape index (κ1) is 19.6. The second kappa shape index (κ2) is 8.67. The number of sulfonamides is 1. The molecule has 144 valence electrons. The van der Waals surface area contributed by atoms with Crippen molar-refractivity contribution in [3.63, 3.8) is 0 Å². The van der Waals surface area contributed by atoms with Gasteiger partial charge in [-0.05, 0) is 42.5 Å². The van der Waals surface area contributed by atoms with Gasteiger partial charge in [-0.2, -0.15) is 4.31 Å². The minimum absolute atomic E-state index is 0.149. The number of esters is 1. The van der Waals surface area contributed by atoms with Crippen molar-refractivity contribution >= 4 is 16.0 Å². The van der Waals surface area contributed by atoms with E-state index in [1.54, 1.807) is 12.1 Å². The van der Waals surface area contributed by atoms with E-state index < -0.39 is 22.0 Å². The Morgan fingerprint density at radius 3 is 2.44 bits per heavy atom. The number of carbonyl (C=O) groups excluding carboxylic acids is 1. The van der Waals surface area contributed by atoms with Crippen molar-refractivity contribution in [1.82, 2.24) is 4.31 Å². The van der Waals surface area contributed by atoms with Crippen molar-refractivity contribution in [3.8, 4) is 0 Å². The molecule has 1 aliphatic rings. The van der Waals surface area contributed by atoms with Crippen LogP contribution in [0.5, 0.6) is 0 Å². The third-order valence-corrected chi connectivity index (χ3v) is 6.69. The zero-order valence-electron chi connectivity index (χ0n) is 15.5. The van der Waals surface area contributed by atoms with Crippen LogP contribution in [0.15, 0.2) is 59.5 Å². The van der Waals surface area contributed by atoms with Crippen LogP contribution in [0.4, 0.5) is 0 Å². The summed E-state index contributed by atoms with van der Waals surface area (Å²) in [6.45, 7) is 2.57. The SMILES string of the molecule is CCCc1ccc(S(=O)(=O)N2CCCC2C(=O)OCc2ccccc2)cc1. The Bertz CT molecular complexity index is 863. The average molecular weight is 388 g/mol. The standard InChI is InChI=1S/C21H25NO4S/c1-2-7-17-11-13-19(14-12-17)27(24,25)22-15-6-10-20(22)21(23)26-16-18-8-4-3-5-9-18/h3-5,8-9,11-14,20H,2,6-7,10,15-16H2,1H3. The molecule has 1 atom stereocenters. The molecule has 27 heavy (non-hydrogen) atoms. The zero-order chi connectivity index (χ0) is 19.3. The van der Waals surface area contributed by atoms with E-state index in [1.165, 1.54) is 4.31 Å². The number of hydrogen-bond acceptors (Lipinski definition) is 4. The van der Waals surface area contributed by atoms with Gasteiger partial charge in [-0.25, -0.2) is 8.42 Å². The summed E-state index contributed by atoms with van der Waals surface area (Å²) < 4.78 is 32.7. The molecule has 0 spiro atoms. The Labute approximate surface area is 161 Å². The van der Waals surface area contributed by atoms with Gasteiger partial charge in [-0.1, -0.05) is 55.8 Å². The number of carbonyl (C=O) groups is 1. The highest BCUT2D eigenvalue weighted by Gasteiger charge is 2.40. The molecule has 0 saturated carbocycles. The summed E-state index contributed by atoms with van der Waals surface area (Å²) >= 11 is 0. The molecule has 0 N–H and O–H groups in total. The number of hydrogen-bond donors (Lipinski definition) is 0. The van der Waals surface area contributed by atoms with Crippen LogP contribution in [0.1, 0.15) is 37.3 Å². The third kappa shape index (κ3) is 4.57. The normalized spacial score (nSPS) is 17.7. The van der Waals surface area contributed by atoms with Crippen LogP contribution >= 0.6 is 0 Å². The van der Waals surface area contributed by atoms with E-state index in [0.717, 1.165) is 24.0 Å². The minimum atomic E-state index is -3.72. The summed E-state index contributed by atoms with van der Waals surface area (Å²) in [5, 5.41) is 0. The van der Waals surface area contributed by atoms with Gasteiger partial charge in [0.15, 0.2) is 0 Å². The summed E-state index contributed by atoms with van der Waals surface area (Å²) in [6.07, 6.45) is 3.06. The lowest BCUT2D eigenvalue weighted by atomic mass is 10.1. The second-order valence-electron chi connectivity index (χ2n) is 6.76. The molecule has 2 aromatic carbocycles. The van der Waals surface area contributed by atoms with Crippen LogP contribution in [0.25, 0.3) is 0 Å². The van der Waals surface area contributed by atoms with Gasteiger partial charge in [0.25, 0.3) is 0 Å². The zero-order valence-corrected chi connectivity index (χ0v) is 16.3. The molecule has 1 aliphatic heterocycles. The van der Waals surface area contributed by atoms with E-state index in [-0.39, 0.29) is 11.5 Å². The molecule has 0 bridgehead atoms. The van der Waals surface area contributed by atoms with E-state index in [0.29, 0.717) is 19.4 Å². The molecule has 6 heteroatoms. The predicted octanol–water partition coefficient (Wildman–Crippen LogP) is 3.54. The molecular weight excluding hydrogens is 362 g/mol. The van der Waals surface area contributed by atoms with Gasteiger partial charge < -0.3 is 4.74 Å².